The molecule has 2 aromatic heterocycles. The second-order valence-electron chi connectivity index (χ2n) is 4.72. The number of anilines is 1. The van der Waals surface area contributed by atoms with Crippen molar-refractivity contribution in [3.63, 3.8) is 0 Å². The average molecular weight is 274 g/mol. The van der Waals surface area contributed by atoms with Crippen LogP contribution in [-0.4, -0.2) is 32.9 Å². The highest BCUT2D eigenvalue weighted by atomic mass is 16.4. The second kappa shape index (κ2) is 5.60. The van der Waals surface area contributed by atoms with Gasteiger partial charge in [-0.15, -0.1) is 0 Å². The maximum Gasteiger partial charge on any atom is 0.170 e. The van der Waals surface area contributed by atoms with Gasteiger partial charge in [-0.2, -0.15) is 5.10 Å². The van der Waals surface area contributed by atoms with Gasteiger partial charge in [-0.25, -0.2) is 4.98 Å². The molecule has 7 nitrogen and oxygen atoms in total. The minimum atomic E-state index is 0.0755. The smallest absolute Gasteiger partial charge is 0.170 e. The number of nitrogens with two attached hydrogens (primary N) is 1. The zero-order valence-electron chi connectivity index (χ0n) is 11.8. The maximum atomic E-state index is 8.76. The summed E-state index contributed by atoms with van der Waals surface area (Å²) in [5.41, 5.74) is 8.17. The Morgan fingerprint density at radius 3 is 2.85 bits per heavy atom. The molecule has 0 aliphatic carbocycles. The van der Waals surface area contributed by atoms with E-state index in [9.17, 15) is 0 Å². The van der Waals surface area contributed by atoms with E-state index in [2.05, 4.69) is 15.2 Å². The Balaban J connectivity index is 2.25. The van der Waals surface area contributed by atoms with Crippen LogP contribution in [0.1, 0.15) is 16.8 Å². The van der Waals surface area contributed by atoms with Crippen molar-refractivity contribution in [3.05, 3.63) is 41.3 Å². The predicted octanol–water partition coefficient (Wildman–Crippen LogP) is 0.854. The Morgan fingerprint density at radius 1 is 1.50 bits per heavy atom. The number of amidine groups is 1. The van der Waals surface area contributed by atoms with Gasteiger partial charge < -0.3 is 15.8 Å². The minimum absolute atomic E-state index is 0.0755. The first-order valence-corrected chi connectivity index (χ1v) is 6.15. The maximum absolute atomic E-state index is 8.76. The van der Waals surface area contributed by atoms with Gasteiger partial charge in [0.05, 0.1) is 6.20 Å². The van der Waals surface area contributed by atoms with E-state index in [-0.39, 0.29) is 5.84 Å². The van der Waals surface area contributed by atoms with Crippen LogP contribution in [0.2, 0.25) is 0 Å². The van der Waals surface area contributed by atoms with Gasteiger partial charge in [0.15, 0.2) is 5.84 Å². The second-order valence-corrected chi connectivity index (χ2v) is 4.72. The molecule has 0 saturated carbocycles. The van der Waals surface area contributed by atoms with Crippen molar-refractivity contribution in [1.82, 2.24) is 14.8 Å². The first kappa shape index (κ1) is 13.9. The SMILES string of the molecule is Cc1cc(/C(N)=N/O)cc(N(C)Cc2cnn(C)c2)n1. The lowest BCUT2D eigenvalue weighted by Crippen LogP contribution is -2.20. The third-order valence-electron chi connectivity index (χ3n) is 2.91. The van der Waals surface area contributed by atoms with E-state index in [1.165, 1.54) is 0 Å². The van der Waals surface area contributed by atoms with Crippen molar-refractivity contribution in [2.75, 3.05) is 11.9 Å². The number of nitrogens with zero attached hydrogens (tertiary/aromatic N) is 5. The molecule has 7 heteroatoms. The lowest BCUT2D eigenvalue weighted by molar-refractivity contribution is 0.318. The minimum Gasteiger partial charge on any atom is -0.409 e. The van der Waals surface area contributed by atoms with Gasteiger partial charge in [-0.3, -0.25) is 4.68 Å². The van der Waals surface area contributed by atoms with Crippen molar-refractivity contribution < 1.29 is 5.21 Å². The molecule has 0 fully saturated rings. The lowest BCUT2D eigenvalue weighted by Gasteiger charge is -2.18. The van der Waals surface area contributed by atoms with Crippen LogP contribution < -0.4 is 10.6 Å². The fourth-order valence-electron chi connectivity index (χ4n) is 1.96. The molecule has 2 rings (SSSR count). The van der Waals surface area contributed by atoms with E-state index in [0.29, 0.717) is 12.1 Å². The molecule has 0 amide bonds. The highest BCUT2D eigenvalue weighted by molar-refractivity contribution is 5.97. The first-order valence-electron chi connectivity index (χ1n) is 6.15. The topological polar surface area (TPSA) is 92.6 Å². The average Bonchev–Trinajstić information content (AvgIpc) is 2.82. The Kier molecular flexibility index (Phi) is 3.88. The lowest BCUT2D eigenvalue weighted by atomic mass is 10.2. The number of aromatic nitrogens is 3. The Hall–Kier alpha value is -2.57. The van der Waals surface area contributed by atoms with Crippen molar-refractivity contribution >= 4 is 11.7 Å². The summed E-state index contributed by atoms with van der Waals surface area (Å²) >= 11 is 0. The standard InChI is InChI=1S/C13H18N6O/c1-9-4-11(13(14)17-20)5-12(16-9)18(2)7-10-6-15-19(3)8-10/h4-6,8,20H,7H2,1-3H3,(H2,14,17). The summed E-state index contributed by atoms with van der Waals surface area (Å²) in [5.74, 6) is 0.835. The van der Waals surface area contributed by atoms with Gasteiger partial charge in [-0.05, 0) is 19.1 Å². The van der Waals surface area contributed by atoms with E-state index in [1.807, 2.05) is 38.3 Å². The molecule has 0 unspecified atom stereocenters. The van der Waals surface area contributed by atoms with Crippen LogP contribution in [0.25, 0.3) is 0 Å². The number of hydrogen-bond acceptors (Lipinski definition) is 5. The molecule has 2 aromatic rings. The van der Waals surface area contributed by atoms with Crippen molar-refractivity contribution in [2.45, 2.75) is 13.5 Å². The molecule has 0 atom stereocenters. The summed E-state index contributed by atoms with van der Waals surface area (Å²) < 4.78 is 1.76. The molecule has 3 N–H and O–H groups in total. The summed E-state index contributed by atoms with van der Waals surface area (Å²) in [7, 11) is 3.82. The van der Waals surface area contributed by atoms with Gasteiger partial charge in [0.25, 0.3) is 0 Å². The zero-order chi connectivity index (χ0) is 14.7. The molecular formula is C13H18N6O. The van der Waals surface area contributed by atoms with Crippen molar-refractivity contribution in [3.8, 4) is 0 Å². The number of aryl methyl sites for hydroxylation is 2. The Morgan fingerprint density at radius 2 is 2.25 bits per heavy atom. The van der Waals surface area contributed by atoms with Crippen LogP contribution in [0.5, 0.6) is 0 Å². The van der Waals surface area contributed by atoms with Crippen LogP contribution in [-0.2, 0) is 13.6 Å². The molecule has 0 spiro atoms. The number of rotatable bonds is 4. The molecule has 2 heterocycles. The predicted molar refractivity (Wildman–Crippen MR) is 76.8 cm³/mol. The summed E-state index contributed by atoms with van der Waals surface area (Å²) in [5, 5.41) is 15.9. The quantitative estimate of drug-likeness (QED) is 0.373. The van der Waals surface area contributed by atoms with E-state index in [4.69, 9.17) is 10.9 Å². The largest absolute Gasteiger partial charge is 0.409 e. The molecule has 0 saturated heterocycles. The van der Waals surface area contributed by atoms with Crippen molar-refractivity contribution in [1.29, 1.82) is 0 Å². The van der Waals surface area contributed by atoms with Crippen LogP contribution in [0.3, 0.4) is 0 Å². The van der Waals surface area contributed by atoms with Crippen LogP contribution in [0.4, 0.5) is 5.82 Å². The van der Waals surface area contributed by atoms with E-state index in [1.54, 1.807) is 16.8 Å². The highest BCUT2D eigenvalue weighted by Crippen LogP contribution is 2.16. The Labute approximate surface area is 117 Å². The van der Waals surface area contributed by atoms with Gasteiger partial charge in [0.2, 0.25) is 0 Å². The van der Waals surface area contributed by atoms with Gasteiger partial charge in [-0.1, -0.05) is 5.16 Å². The number of pyridine rings is 1. The molecule has 0 aromatic carbocycles. The van der Waals surface area contributed by atoms with Gasteiger partial charge in [0, 0.05) is 43.7 Å². The third kappa shape index (κ3) is 3.05. The van der Waals surface area contributed by atoms with Crippen molar-refractivity contribution in [2.24, 2.45) is 17.9 Å². The van der Waals surface area contributed by atoms with Crippen LogP contribution in [0, 0.1) is 6.92 Å². The fourth-order valence-corrected chi connectivity index (χ4v) is 1.96. The third-order valence-corrected chi connectivity index (χ3v) is 2.91. The zero-order valence-corrected chi connectivity index (χ0v) is 11.8. The summed E-state index contributed by atoms with van der Waals surface area (Å²) in [6, 6.07) is 3.56. The summed E-state index contributed by atoms with van der Waals surface area (Å²) in [6.07, 6.45) is 3.77. The van der Waals surface area contributed by atoms with E-state index in [0.717, 1.165) is 17.1 Å². The molecule has 0 bridgehead atoms. The highest BCUT2D eigenvalue weighted by Gasteiger charge is 2.09. The molecule has 0 aliphatic heterocycles. The number of oxime groups is 1. The van der Waals surface area contributed by atoms with Crippen LogP contribution in [0.15, 0.2) is 29.7 Å². The number of hydrogen-bond donors (Lipinski definition) is 2. The summed E-state index contributed by atoms with van der Waals surface area (Å²) in [6.45, 7) is 2.55. The molecule has 0 radical (unpaired) electrons. The van der Waals surface area contributed by atoms with E-state index < -0.39 is 0 Å². The molecule has 0 aliphatic rings. The molecular weight excluding hydrogens is 256 g/mol. The van der Waals surface area contributed by atoms with Crippen LogP contribution >= 0.6 is 0 Å². The normalized spacial score (nSPS) is 11.7. The monoisotopic (exact) mass is 274 g/mol. The first-order chi connectivity index (χ1) is 9.49. The molecule has 106 valence electrons. The van der Waals surface area contributed by atoms with Gasteiger partial charge in [0.1, 0.15) is 5.82 Å². The summed E-state index contributed by atoms with van der Waals surface area (Å²) in [4.78, 5) is 6.44. The Bertz CT molecular complexity index is 634. The fraction of sp³-hybridized carbons (Fsp3) is 0.308. The molecule has 20 heavy (non-hydrogen) atoms. The van der Waals surface area contributed by atoms with Gasteiger partial charge >= 0.3 is 0 Å². The van der Waals surface area contributed by atoms with E-state index >= 15 is 0 Å².